The lowest BCUT2D eigenvalue weighted by Crippen LogP contribution is -2.30. The fourth-order valence-corrected chi connectivity index (χ4v) is 1.44. The molecule has 1 heterocycles. The standard InChI is InChI=1S/C12H13N3O3/c1-8(6-13)7-15(2)11(16)9-3-4-14-10(5-9)12(17)18/h3-5,8H,7H2,1-2H3,(H,17,18). The summed E-state index contributed by atoms with van der Waals surface area (Å²) in [6, 6.07) is 4.70. The van der Waals surface area contributed by atoms with Gasteiger partial charge in [-0.1, -0.05) is 0 Å². The number of rotatable bonds is 4. The number of carboxylic acid groups (broad SMARTS) is 1. The maximum Gasteiger partial charge on any atom is 0.354 e. The van der Waals surface area contributed by atoms with Crippen LogP contribution in [-0.4, -0.2) is 40.5 Å². The molecule has 1 amide bonds. The molecule has 1 atom stereocenters. The van der Waals surface area contributed by atoms with E-state index in [9.17, 15) is 9.59 Å². The molecule has 0 saturated carbocycles. The molecule has 0 spiro atoms. The van der Waals surface area contributed by atoms with E-state index in [-0.39, 0.29) is 23.1 Å². The van der Waals surface area contributed by atoms with Crippen molar-refractivity contribution in [3.05, 3.63) is 29.6 Å². The van der Waals surface area contributed by atoms with Gasteiger partial charge < -0.3 is 10.0 Å². The van der Waals surface area contributed by atoms with Crippen LogP contribution in [0.2, 0.25) is 0 Å². The lowest BCUT2D eigenvalue weighted by molar-refractivity contribution is 0.0690. The Balaban J connectivity index is 2.87. The van der Waals surface area contributed by atoms with Crippen molar-refractivity contribution in [3.63, 3.8) is 0 Å². The van der Waals surface area contributed by atoms with E-state index in [1.54, 1.807) is 14.0 Å². The third-order valence-corrected chi connectivity index (χ3v) is 2.34. The van der Waals surface area contributed by atoms with Gasteiger partial charge in [-0.3, -0.25) is 4.79 Å². The Kier molecular flexibility index (Phi) is 4.38. The molecule has 0 aliphatic rings. The van der Waals surface area contributed by atoms with Crippen molar-refractivity contribution in [3.8, 4) is 6.07 Å². The van der Waals surface area contributed by atoms with Crippen LogP contribution >= 0.6 is 0 Å². The smallest absolute Gasteiger partial charge is 0.354 e. The summed E-state index contributed by atoms with van der Waals surface area (Å²) in [5.41, 5.74) is 0.0672. The number of aromatic nitrogens is 1. The normalized spacial score (nSPS) is 11.4. The first kappa shape index (κ1) is 13.6. The molecule has 18 heavy (non-hydrogen) atoms. The molecular formula is C12H13N3O3. The van der Waals surface area contributed by atoms with Crippen LogP contribution in [0.5, 0.6) is 0 Å². The van der Waals surface area contributed by atoms with Crippen LogP contribution < -0.4 is 0 Å². The van der Waals surface area contributed by atoms with Crippen molar-refractivity contribution in [2.24, 2.45) is 5.92 Å². The number of nitriles is 1. The van der Waals surface area contributed by atoms with Crippen LogP contribution in [0.4, 0.5) is 0 Å². The summed E-state index contributed by atoms with van der Waals surface area (Å²) in [4.78, 5) is 27.7. The fraction of sp³-hybridized carbons (Fsp3) is 0.333. The van der Waals surface area contributed by atoms with Crippen LogP contribution in [0.1, 0.15) is 27.8 Å². The van der Waals surface area contributed by atoms with Crippen molar-refractivity contribution in [1.82, 2.24) is 9.88 Å². The van der Waals surface area contributed by atoms with Gasteiger partial charge in [-0.05, 0) is 19.1 Å². The van der Waals surface area contributed by atoms with E-state index in [1.807, 2.05) is 6.07 Å². The van der Waals surface area contributed by atoms with Crippen LogP contribution in [-0.2, 0) is 0 Å². The Morgan fingerprint density at radius 2 is 2.28 bits per heavy atom. The highest BCUT2D eigenvalue weighted by molar-refractivity contribution is 5.96. The summed E-state index contributed by atoms with van der Waals surface area (Å²) < 4.78 is 0. The number of hydrogen-bond donors (Lipinski definition) is 1. The Bertz CT molecular complexity index is 508. The highest BCUT2D eigenvalue weighted by Crippen LogP contribution is 2.07. The van der Waals surface area contributed by atoms with E-state index in [0.29, 0.717) is 6.54 Å². The monoisotopic (exact) mass is 247 g/mol. The van der Waals surface area contributed by atoms with Gasteiger partial charge in [0.2, 0.25) is 0 Å². The number of carbonyl (C=O) groups is 2. The number of pyridine rings is 1. The van der Waals surface area contributed by atoms with E-state index in [4.69, 9.17) is 10.4 Å². The Labute approximate surface area is 104 Å². The zero-order valence-corrected chi connectivity index (χ0v) is 10.1. The minimum absolute atomic E-state index is 0.178. The Morgan fingerprint density at radius 1 is 1.61 bits per heavy atom. The molecule has 1 aromatic rings. The van der Waals surface area contributed by atoms with Gasteiger partial charge in [0.15, 0.2) is 0 Å². The predicted octanol–water partition coefficient (Wildman–Crippen LogP) is 1.01. The molecule has 94 valence electrons. The molecule has 1 rings (SSSR count). The minimum Gasteiger partial charge on any atom is -0.477 e. The lowest BCUT2D eigenvalue weighted by atomic mass is 10.1. The fourth-order valence-electron chi connectivity index (χ4n) is 1.44. The number of aromatic carboxylic acids is 1. The highest BCUT2D eigenvalue weighted by atomic mass is 16.4. The topological polar surface area (TPSA) is 94.3 Å². The van der Waals surface area contributed by atoms with Crippen molar-refractivity contribution < 1.29 is 14.7 Å². The van der Waals surface area contributed by atoms with Crippen molar-refractivity contribution in [1.29, 1.82) is 5.26 Å². The first-order valence-corrected chi connectivity index (χ1v) is 5.30. The second-order valence-corrected chi connectivity index (χ2v) is 3.95. The van der Waals surface area contributed by atoms with Gasteiger partial charge in [-0.15, -0.1) is 0 Å². The Morgan fingerprint density at radius 3 is 2.83 bits per heavy atom. The van der Waals surface area contributed by atoms with E-state index in [2.05, 4.69) is 4.98 Å². The molecule has 1 unspecified atom stereocenters. The van der Waals surface area contributed by atoms with E-state index < -0.39 is 5.97 Å². The van der Waals surface area contributed by atoms with Crippen molar-refractivity contribution in [2.45, 2.75) is 6.92 Å². The van der Waals surface area contributed by atoms with E-state index >= 15 is 0 Å². The molecule has 1 aromatic heterocycles. The van der Waals surface area contributed by atoms with Gasteiger partial charge in [0, 0.05) is 25.4 Å². The molecule has 0 saturated heterocycles. The lowest BCUT2D eigenvalue weighted by Gasteiger charge is -2.18. The van der Waals surface area contributed by atoms with Crippen LogP contribution in [0, 0.1) is 17.2 Å². The molecule has 6 nitrogen and oxygen atoms in total. The average molecular weight is 247 g/mol. The summed E-state index contributed by atoms with van der Waals surface area (Å²) in [5, 5.41) is 17.5. The molecule has 0 bridgehead atoms. The van der Waals surface area contributed by atoms with Gasteiger partial charge in [0.05, 0.1) is 12.0 Å². The van der Waals surface area contributed by atoms with E-state index in [0.717, 1.165) is 0 Å². The van der Waals surface area contributed by atoms with Gasteiger partial charge in [-0.25, -0.2) is 9.78 Å². The number of carboxylic acids is 1. The second-order valence-electron chi connectivity index (χ2n) is 3.95. The zero-order valence-electron chi connectivity index (χ0n) is 10.1. The van der Waals surface area contributed by atoms with Crippen LogP contribution in [0.15, 0.2) is 18.3 Å². The largest absolute Gasteiger partial charge is 0.477 e. The van der Waals surface area contributed by atoms with Crippen molar-refractivity contribution in [2.75, 3.05) is 13.6 Å². The number of carbonyl (C=O) groups excluding carboxylic acids is 1. The maximum atomic E-state index is 12.0. The molecule has 1 N–H and O–H groups in total. The summed E-state index contributed by atoms with van der Waals surface area (Å²) in [7, 11) is 1.57. The first-order valence-electron chi connectivity index (χ1n) is 5.30. The zero-order chi connectivity index (χ0) is 13.7. The molecule has 0 aromatic carbocycles. The van der Waals surface area contributed by atoms with Crippen LogP contribution in [0.25, 0.3) is 0 Å². The third kappa shape index (κ3) is 3.28. The van der Waals surface area contributed by atoms with Gasteiger partial charge in [0.25, 0.3) is 5.91 Å². The van der Waals surface area contributed by atoms with Crippen molar-refractivity contribution >= 4 is 11.9 Å². The van der Waals surface area contributed by atoms with Gasteiger partial charge in [-0.2, -0.15) is 5.26 Å². The SMILES string of the molecule is CC(C#N)CN(C)C(=O)c1ccnc(C(=O)O)c1. The second kappa shape index (κ2) is 5.77. The van der Waals surface area contributed by atoms with E-state index in [1.165, 1.54) is 23.2 Å². The quantitative estimate of drug-likeness (QED) is 0.856. The number of hydrogen-bond acceptors (Lipinski definition) is 4. The summed E-state index contributed by atoms with van der Waals surface area (Å²) >= 11 is 0. The average Bonchev–Trinajstić information content (AvgIpc) is 2.37. The molecule has 0 aliphatic heterocycles. The number of nitrogens with zero attached hydrogens (tertiary/aromatic N) is 3. The molecule has 0 radical (unpaired) electrons. The van der Waals surface area contributed by atoms with Gasteiger partial charge >= 0.3 is 5.97 Å². The minimum atomic E-state index is -1.18. The molecule has 0 fully saturated rings. The first-order chi connectivity index (χ1) is 8.45. The summed E-state index contributed by atoms with van der Waals surface area (Å²) in [5.74, 6) is -1.79. The highest BCUT2D eigenvalue weighted by Gasteiger charge is 2.16. The summed E-state index contributed by atoms with van der Waals surface area (Å²) in [6.45, 7) is 2.00. The number of amides is 1. The third-order valence-electron chi connectivity index (χ3n) is 2.34. The predicted molar refractivity (Wildman–Crippen MR) is 62.9 cm³/mol. The maximum absolute atomic E-state index is 12.0. The molecule has 0 aliphatic carbocycles. The Hall–Kier alpha value is -2.42. The molecule has 6 heteroatoms. The summed E-state index contributed by atoms with van der Waals surface area (Å²) in [6.07, 6.45) is 1.28. The van der Waals surface area contributed by atoms with Gasteiger partial charge in [0.1, 0.15) is 5.69 Å². The molecular weight excluding hydrogens is 234 g/mol. The van der Waals surface area contributed by atoms with Crippen LogP contribution in [0.3, 0.4) is 0 Å².